The van der Waals surface area contributed by atoms with Gasteiger partial charge in [0.15, 0.2) is 0 Å². The van der Waals surface area contributed by atoms with Crippen LogP contribution in [0.4, 0.5) is 0 Å². The van der Waals surface area contributed by atoms with Crippen molar-refractivity contribution in [1.82, 2.24) is 0 Å². The zero-order chi connectivity index (χ0) is 22.1. The zero-order valence-corrected chi connectivity index (χ0v) is 19.0. The second-order valence-electron chi connectivity index (χ2n) is 7.85. The molecule has 4 bridgehead atoms. The predicted molar refractivity (Wildman–Crippen MR) is 130 cm³/mol. The summed E-state index contributed by atoms with van der Waals surface area (Å²) in [6.45, 7) is 2.89. The SMILES string of the molecule is C1=C\CCCOc2ccc(cc2)OCCC/C=C\CCCOc2ccc(cc2)OCCC/1. The molecule has 4 aliphatic rings. The summed E-state index contributed by atoms with van der Waals surface area (Å²) in [6, 6.07) is 15.9. The molecular formula is C28H36O4. The summed E-state index contributed by atoms with van der Waals surface area (Å²) in [4.78, 5) is 0. The molecule has 4 aliphatic heterocycles. The van der Waals surface area contributed by atoms with Gasteiger partial charge in [-0.3, -0.25) is 0 Å². The molecule has 0 aromatic heterocycles. The number of hydrogen-bond acceptors (Lipinski definition) is 4. The number of allylic oxidation sites excluding steroid dienone is 4. The first-order valence-electron chi connectivity index (χ1n) is 11.9. The topological polar surface area (TPSA) is 36.9 Å². The van der Waals surface area contributed by atoms with Crippen molar-refractivity contribution in [2.75, 3.05) is 26.4 Å². The first-order valence-corrected chi connectivity index (χ1v) is 11.9. The van der Waals surface area contributed by atoms with E-state index in [-0.39, 0.29) is 0 Å². The van der Waals surface area contributed by atoms with Crippen LogP contribution in [0.3, 0.4) is 0 Å². The Morgan fingerprint density at radius 3 is 0.781 bits per heavy atom. The molecule has 0 saturated carbocycles. The lowest BCUT2D eigenvalue weighted by atomic mass is 10.2. The average Bonchev–Trinajstić information content (AvgIpc) is 2.82. The normalized spacial score (nSPS) is 19.2. The van der Waals surface area contributed by atoms with E-state index in [1.807, 2.05) is 48.5 Å². The van der Waals surface area contributed by atoms with Crippen molar-refractivity contribution in [3.05, 3.63) is 72.8 Å². The molecule has 32 heavy (non-hydrogen) atoms. The Kier molecular flexibility index (Phi) is 11.2. The minimum absolute atomic E-state index is 0.722. The molecule has 0 amide bonds. The first kappa shape index (κ1) is 23.8. The molecule has 0 atom stereocenters. The number of hydrogen-bond donors (Lipinski definition) is 0. The maximum atomic E-state index is 5.82. The van der Waals surface area contributed by atoms with E-state index in [1.54, 1.807) is 0 Å². The Hall–Kier alpha value is -2.88. The lowest BCUT2D eigenvalue weighted by molar-refractivity contribution is 0.302. The molecule has 6 rings (SSSR count). The lowest BCUT2D eigenvalue weighted by Gasteiger charge is -2.08. The zero-order valence-electron chi connectivity index (χ0n) is 19.0. The highest BCUT2D eigenvalue weighted by molar-refractivity contribution is 5.32. The van der Waals surface area contributed by atoms with Gasteiger partial charge in [-0.25, -0.2) is 0 Å². The summed E-state index contributed by atoms with van der Waals surface area (Å²) in [5, 5.41) is 0. The highest BCUT2D eigenvalue weighted by Gasteiger charge is 1.98. The van der Waals surface area contributed by atoms with E-state index < -0.39 is 0 Å². The van der Waals surface area contributed by atoms with Crippen LogP contribution in [-0.4, -0.2) is 26.4 Å². The molecule has 2 aromatic rings. The molecule has 0 radical (unpaired) electrons. The summed E-state index contributed by atoms with van der Waals surface area (Å²) < 4.78 is 23.3. The van der Waals surface area contributed by atoms with Crippen LogP contribution in [0.25, 0.3) is 0 Å². The molecular weight excluding hydrogens is 400 g/mol. The van der Waals surface area contributed by atoms with Gasteiger partial charge in [0.2, 0.25) is 0 Å². The largest absolute Gasteiger partial charge is 0.494 e. The molecule has 4 nitrogen and oxygen atoms in total. The monoisotopic (exact) mass is 436 g/mol. The summed E-state index contributed by atoms with van der Waals surface area (Å²) in [6.07, 6.45) is 17.1. The van der Waals surface area contributed by atoms with E-state index in [0.29, 0.717) is 0 Å². The van der Waals surface area contributed by atoms with E-state index in [0.717, 1.165) is 101 Å². The van der Waals surface area contributed by atoms with Gasteiger partial charge in [-0.05, 0) is 99.9 Å². The van der Waals surface area contributed by atoms with Crippen molar-refractivity contribution < 1.29 is 18.9 Å². The van der Waals surface area contributed by atoms with Gasteiger partial charge in [0.25, 0.3) is 0 Å². The van der Waals surface area contributed by atoms with Crippen molar-refractivity contribution in [1.29, 1.82) is 0 Å². The van der Waals surface area contributed by atoms with Gasteiger partial charge in [-0.1, -0.05) is 24.3 Å². The minimum atomic E-state index is 0.722. The molecule has 4 heterocycles. The molecule has 0 spiro atoms. The Morgan fingerprint density at radius 2 is 0.562 bits per heavy atom. The molecule has 0 aliphatic carbocycles. The van der Waals surface area contributed by atoms with Gasteiger partial charge in [0.05, 0.1) is 26.4 Å². The van der Waals surface area contributed by atoms with Crippen LogP contribution in [0.2, 0.25) is 0 Å². The second-order valence-corrected chi connectivity index (χ2v) is 7.85. The van der Waals surface area contributed by atoms with Crippen LogP contribution in [0.1, 0.15) is 51.4 Å². The Labute approximate surface area is 192 Å². The van der Waals surface area contributed by atoms with Crippen LogP contribution >= 0.6 is 0 Å². The molecule has 172 valence electrons. The van der Waals surface area contributed by atoms with E-state index in [4.69, 9.17) is 18.9 Å². The predicted octanol–water partition coefficient (Wildman–Crippen LogP) is 7.15. The fourth-order valence-electron chi connectivity index (χ4n) is 3.30. The maximum absolute atomic E-state index is 5.82. The van der Waals surface area contributed by atoms with Crippen LogP contribution in [0.15, 0.2) is 72.8 Å². The van der Waals surface area contributed by atoms with Gasteiger partial charge in [-0.2, -0.15) is 0 Å². The molecule has 4 heteroatoms. The fourth-order valence-corrected chi connectivity index (χ4v) is 3.30. The standard InChI is InChI=1S/C28H36O4/c1-2-6-10-22-30-26-17-19-28(20-18-26)32-24-12-8-4-3-7-11-23-31-27-15-13-25(14-16-27)29-21-9-5-1/h1-4,13-20H,5-12,21-24H2/b2-1-,4-3-. The smallest absolute Gasteiger partial charge is 0.119 e. The van der Waals surface area contributed by atoms with Crippen molar-refractivity contribution in [3.63, 3.8) is 0 Å². The quantitative estimate of drug-likeness (QED) is 0.411. The Balaban J connectivity index is 1.44. The van der Waals surface area contributed by atoms with Crippen LogP contribution < -0.4 is 18.9 Å². The van der Waals surface area contributed by atoms with Crippen molar-refractivity contribution in [2.45, 2.75) is 51.4 Å². The molecule has 2 aromatic carbocycles. The highest BCUT2D eigenvalue weighted by Crippen LogP contribution is 2.19. The third-order valence-electron chi connectivity index (χ3n) is 5.12. The van der Waals surface area contributed by atoms with E-state index >= 15 is 0 Å². The van der Waals surface area contributed by atoms with Gasteiger partial charge in [0, 0.05) is 0 Å². The molecule has 0 saturated heterocycles. The van der Waals surface area contributed by atoms with Gasteiger partial charge in [0.1, 0.15) is 23.0 Å². The second kappa shape index (κ2) is 15.0. The van der Waals surface area contributed by atoms with Crippen molar-refractivity contribution >= 4 is 0 Å². The van der Waals surface area contributed by atoms with Gasteiger partial charge < -0.3 is 18.9 Å². The number of rotatable bonds is 0. The van der Waals surface area contributed by atoms with Gasteiger partial charge >= 0.3 is 0 Å². The van der Waals surface area contributed by atoms with Crippen molar-refractivity contribution in [2.24, 2.45) is 0 Å². The van der Waals surface area contributed by atoms with E-state index in [2.05, 4.69) is 24.3 Å². The van der Waals surface area contributed by atoms with Crippen LogP contribution in [-0.2, 0) is 0 Å². The van der Waals surface area contributed by atoms with Crippen LogP contribution in [0.5, 0.6) is 23.0 Å². The average molecular weight is 437 g/mol. The molecule has 0 fully saturated rings. The molecule has 0 N–H and O–H groups in total. The van der Waals surface area contributed by atoms with Crippen molar-refractivity contribution in [3.8, 4) is 23.0 Å². The summed E-state index contributed by atoms with van der Waals surface area (Å²) >= 11 is 0. The number of benzene rings is 2. The lowest BCUT2D eigenvalue weighted by Crippen LogP contribution is -1.99. The van der Waals surface area contributed by atoms with E-state index in [9.17, 15) is 0 Å². The molecule has 0 unspecified atom stereocenters. The fraction of sp³-hybridized carbons (Fsp3) is 0.429. The first-order chi connectivity index (χ1) is 15.9. The Morgan fingerprint density at radius 1 is 0.344 bits per heavy atom. The minimum Gasteiger partial charge on any atom is -0.494 e. The maximum Gasteiger partial charge on any atom is 0.119 e. The summed E-state index contributed by atoms with van der Waals surface area (Å²) in [5.74, 6) is 3.58. The van der Waals surface area contributed by atoms with E-state index in [1.165, 1.54) is 0 Å². The number of ether oxygens (including phenoxy) is 4. The summed E-state index contributed by atoms with van der Waals surface area (Å²) in [7, 11) is 0. The van der Waals surface area contributed by atoms with Crippen LogP contribution in [0, 0.1) is 0 Å². The highest BCUT2D eigenvalue weighted by atomic mass is 16.5. The Bertz CT molecular complexity index is 658. The van der Waals surface area contributed by atoms with Gasteiger partial charge in [-0.15, -0.1) is 0 Å². The third-order valence-corrected chi connectivity index (χ3v) is 5.12. The summed E-state index contributed by atoms with van der Waals surface area (Å²) in [5.41, 5.74) is 0. The third kappa shape index (κ3) is 9.95.